The zero-order valence-corrected chi connectivity index (χ0v) is 18.2. The lowest BCUT2D eigenvalue weighted by molar-refractivity contribution is -0.110. The molecule has 158 valence electrons. The highest BCUT2D eigenvalue weighted by atomic mass is 35.5. The molecule has 3 aromatic carbocycles. The van der Waals surface area contributed by atoms with Crippen molar-refractivity contribution in [3.8, 4) is 0 Å². The lowest BCUT2D eigenvalue weighted by Gasteiger charge is -2.15. The van der Waals surface area contributed by atoms with Crippen LogP contribution in [0.5, 0.6) is 0 Å². The molecule has 0 aliphatic carbocycles. The number of fused-ring (bicyclic) bond motifs is 1. The van der Waals surface area contributed by atoms with Crippen molar-refractivity contribution in [3.63, 3.8) is 0 Å². The van der Waals surface area contributed by atoms with E-state index < -0.39 is 10.0 Å². The van der Waals surface area contributed by atoms with Gasteiger partial charge in [0.1, 0.15) is 0 Å². The average Bonchev–Trinajstić information content (AvgIpc) is 3.08. The molecule has 0 spiro atoms. The van der Waals surface area contributed by atoms with Gasteiger partial charge in [-0.15, -0.1) is 0 Å². The van der Waals surface area contributed by atoms with Crippen molar-refractivity contribution < 1.29 is 13.2 Å². The Kier molecular flexibility index (Phi) is 5.71. The summed E-state index contributed by atoms with van der Waals surface area (Å²) >= 11 is 6.00. The van der Waals surface area contributed by atoms with Crippen molar-refractivity contribution in [1.29, 1.82) is 0 Å². The predicted octanol–water partition coefficient (Wildman–Crippen LogP) is 5.03. The summed E-state index contributed by atoms with van der Waals surface area (Å²) in [7, 11) is -3.45. The minimum Gasteiger partial charge on any atom is -0.354 e. The first kappa shape index (κ1) is 21.0. The Morgan fingerprint density at radius 3 is 2.32 bits per heavy atom. The molecule has 31 heavy (non-hydrogen) atoms. The molecule has 0 radical (unpaired) electrons. The van der Waals surface area contributed by atoms with E-state index in [0.29, 0.717) is 33.2 Å². The highest BCUT2D eigenvalue weighted by Crippen LogP contribution is 2.39. The number of hydrogen-bond acceptors (Lipinski definition) is 4. The van der Waals surface area contributed by atoms with Crippen LogP contribution in [0.4, 0.5) is 17.1 Å². The Balaban J connectivity index is 1.86. The van der Waals surface area contributed by atoms with E-state index in [0.717, 1.165) is 11.3 Å². The maximum atomic E-state index is 13.0. The van der Waals surface area contributed by atoms with E-state index in [9.17, 15) is 13.2 Å². The highest BCUT2D eigenvalue weighted by Gasteiger charge is 2.29. The summed E-state index contributed by atoms with van der Waals surface area (Å²) in [6, 6.07) is 21.6. The van der Waals surface area contributed by atoms with Gasteiger partial charge in [0.2, 0.25) is 10.0 Å². The number of carbonyl (C=O) groups excluding carboxylic acids is 1. The number of anilines is 3. The van der Waals surface area contributed by atoms with Gasteiger partial charge >= 0.3 is 0 Å². The van der Waals surface area contributed by atoms with Crippen LogP contribution in [0.15, 0.2) is 72.8 Å². The summed E-state index contributed by atoms with van der Waals surface area (Å²) < 4.78 is 26.6. The van der Waals surface area contributed by atoms with Gasteiger partial charge in [0.05, 0.1) is 17.0 Å². The summed E-state index contributed by atoms with van der Waals surface area (Å²) in [5.41, 5.74) is 4.24. The Labute approximate surface area is 186 Å². The summed E-state index contributed by atoms with van der Waals surface area (Å²) in [6.45, 7) is 1.57. The predicted molar refractivity (Wildman–Crippen MR) is 126 cm³/mol. The number of benzene rings is 3. The minimum absolute atomic E-state index is 0.0443. The van der Waals surface area contributed by atoms with E-state index in [1.807, 2.05) is 42.5 Å². The van der Waals surface area contributed by atoms with Crippen LogP contribution in [0.1, 0.15) is 18.1 Å². The zero-order chi connectivity index (χ0) is 22.0. The van der Waals surface area contributed by atoms with Gasteiger partial charge < -0.3 is 10.6 Å². The van der Waals surface area contributed by atoms with Crippen molar-refractivity contribution in [2.45, 2.75) is 6.92 Å². The summed E-state index contributed by atoms with van der Waals surface area (Å²) in [4.78, 5) is 13.0. The van der Waals surface area contributed by atoms with Crippen LogP contribution in [0, 0.1) is 0 Å². The summed E-state index contributed by atoms with van der Waals surface area (Å²) in [6.07, 6.45) is 0. The second kappa shape index (κ2) is 8.45. The number of amides is 1. The molecule has 4 rings (SSSR count). The number of nitrogens with one attached hydrogen (secondary N) is 3. The molecule has 0 saturated heterocycles. The molecule has 0 aromatic heterocycles. The van der Waals surface area contributed by atoms with Crippen LogP contribution in [0.2, 0.25) is 5.02 Å². The van der Waals surface area contributed by atoms with Crippen LogP contribution in [-0.2, 0) is 14.8 Å². The number of sulfonamides is 1. The third kappa shape index (κ3) is 4.57. The van der Waals surface area contributed by atoms with Gasteiger partial charge in [0, 0.05) is 27.6 Å². The number of carbonyl (C=O) groups is 1. The van der Waals surface area contributed by atoms with Gasteiger partial charge in [-0.1, -0.05) is 41.9 Å². The SMILES string of the molecule is CCS(=O)(=O)Nc1ccc2c(c1)/C(=C(/Nc1ccc(Cl)cc1)c1ccccc1)C(=O)N2. The first-order chi connectivity index (χ1) is 14.9. The number of hydrogen-bond donors (Lipinski definition) is 3. The molecule has 6 nitrogen and oxygen atoms in total. The lowest BCUT2D eigenvalue weighted by Crippen LogP contribution is -2.14. The van der Waals surface area contributed by atoms with Gasteiger partial charge in [-0.05, 0) is 55.0 Å². The molecule has 1 aliphatic rings. The fourth-order valence-electron chi connectivity index (χ4n) is 3.29. The molecular formula is C23H20ClN3O3S. The molecule has 0 unspecified atom stereocenters. The fourth-order valence-corrected chi connectivity index (χ4v) is 4.05. The molecule has 8 heteroatoms. The first-order valence-corrected chi connectivity index (χ1v) is 11.7. The van der Waals surface area contributed by atoms with E-state index in [-0.39, 0.29) is 11.7 Å². The van der Waals surface area contributed by atoms with E-state index in [2.05, 4.69) is 15.4 Å². The smallest absolute Gasteiger partial charge is 0.258 e. The lowest BCUT2D eigenvalue weighted by atomic mass is 9.99. The Hall–Kier alpha value is -3.29. The molecule has 0 saturated carbocycles. The van der Waals surface area contributed by atoms with E-state index >= 15 is 0 Å². The number of rotatable bonds is 6. The number of halogens is 1. The first-order valence-electron chi connectivity index (χ1n) is 9.65. The van der Waals surface area contributed by atoms with Crippen molar-refractivity contribution >= 4 is 55.9 Å². The Morgan fingerprint density at radius 1 is 0.968 bits per heavy atom. The zero-order valence-electron chi connectivity index (χ0n) is 16.6. The third-order valence-corrected chi connectivity index (χ3v) is 6.40. The maximum absolute atomic E-state index is 13.0. The molecular weight excluding hydrogens is 434 g/mol. The van der Waals surface area contributed by atoms with Gasteiger partial charge in [-0.2, -0.15) is 0 Å². The van der Waals surface area contributed by atoms with Gasteiger partial charge in [0.15, 0.2) is 0 Å². The van der Waals surface area contributed by atoms with Crippen LogP contribution in [-0.4, -0.2) is 20.1 Å². The van der Waals surface area contributed by atoms with Crippen LogP contribution >= 0.6 is 11.6 Å². The standard InChI is InChI=1S/C23H20ClN3O3S/c1-2-31(29,30)27-18-12-13-20-19(14-18)21(23(28)26-20)22(15-6-4-3-5-7-15)25-17-10-8-16(24)9-11-17/h3-14,25,27H,2H2,1H3,(H,26,28)/b22-21-. The molecule has 0 fully saturated rings. The van der Waals surface area contributed by atoms with E-state index in [4.69, 9.17) is 11.6 Å². The van der Waals surface area contributed by atoms with Gasteiger partial charge in [0.25, 0.3) is 5.91 Å². The molecule has 1 heterocycles. The molecule has 3 N–H and O–H groups in total. The molecule has 0 atom stereocenters. The van der Waals surface area contributed by atoms with E-state index in [1.54, 1.807) is 37.3 Å². The van der Waals surface area contributed by atoms with Gasteiger partial charge in [-0.3, -0.25) is 9.52 Å². The summed E-state index contributed by atoms with van der Waals surface area (Å²) in [5, 5.41) is 6.81. The van der Waals surface area contributed by atoms with Crippen molar-refractivity contribution in [3.05, 3.63) is 88.9 Å². The second-order valence-electron chi connectivity index (χ2n) is 6.97. The van der Waals surface area contributed by atoms with Crippen molar-refractivity contribution in [1.82, 2.24) is 0 Å². The third-order valence-electron chi connectivity index (χ3n) is 4.84. The van der Waals surface area contributed by atoms with Gasteiger partial charge in [-0.25, -0.2) is 8.42 Å². The monoisotopic (exact) mass is 453 g/mol. The Morgan fingerprint density at radius 2 is 1.65 bits per heavy atom. The molecule has 1 amide bonds. The maximum Gasteiger partial charge on any atom is 0.258 e. The normalized spacial score (nSPS) is 14.6. The molecule has 1 aliphatic heterocycles. The van der Waals surface area contributed by atoms with Crippen molar-refractivity contribution in [2.75, 3.05) is 21.1 Å². The molecule has 0 bridgehead atoms. The van der Waals surface area contributed by atoms with Crippen molar-refractivity contribution in [2.24, 2.45) is 0 Å². The highest BCUT2D eigenvalue weighted by molar-refractivity contribution is 7.92. The fraction of sp³-hybridized carbons (Fsp3) is 0.0870. The largest absolute Gasteiger partial charge is 0.354 e. The van der Waals surface area contributed by atoms with Crippen LogP contribution in [0.3, 0.4) is 0 Å². The quantitative estimate of drug-likeness (QED) is 0.456. The minimum atomic E-state index is -3.45. The topological polar surface area (TPSA) is 87.3 Å². The van der Waals surface area contributed by atoms with E-state index in [1.165, 1.54) is 0 Å². The Bertz CT molecular complexity index is 1270. The second-order valence-corrected chi connectivity index (χ2v) is 9.42. The molecule has 3 aromatic rings. The van der Waals surface area contributed by atoms with Crippen LogP contribution < -0.4 is 15.4 Å². The van der Waals surface area contributed by atoms with Crippen LogP contribution in [0.25, 0.3) is 11.3 Å². The summed E-state index contributed by atoms with van der Waals surface area (Å²) in [5.74, 6) is -0.317. The average molecular weight is 454 g/mol.